The molecule has 7 heteroatoms. The van der Waals surface area contributed by atoms with Crippen molar-refractivity contribution in [1.29, 1.82) is 0 Å². The molecular weight excluding hydrogens is 380 g/mol. The van der Waals surface area contributed by atoms with Crippen molar-refractivity contribution in [3.05, 3.63) is 64.7 Å². The molecule has 0 aliphatic carbocycles. The van der Waals surface area contributed by atoms with E-state index in [0.29, 0.717) is 35.8 Å². The second-order valence-electron chi connectivity index (χ2n) is 6.70. The van der Waals surface area contributed by atoms with Gasteiger partial charge in [-0.1, -0.05) is 35.9 Å². The number of rotatable bonds is 6. The topological polar surface area (TPSA) is 67.9 Å². The average molecular weight is 403 g/mol. The van der Waals surface area contributed by atoms with Gasteiger partial charge in [-0.15, -0.1) is 0 Å². The maximum Gasteiger partial charge on any atom is 0.323 e. The molecule has 1 aliphatic rings. The average Bonchev–Trinajstić information content (AvgIpc) is 3.11. The predicted octanol–water partition coefficient (Wildman–Crippen LogP) is 2.89. The van der Waals surface area contributed by atoms with Crippen molar-refractivity contribution < 1.29 is 19.1 Å². The number of methoxy groups -OCH3 is 2. The van der Waals surface area contributed by atoms with Gasteiger partial charge in [0, 0.05) is 24.2 Å². The van der Waals surface area contributed by atoms with E-state index < -0.39 is 6.04 Å². The van der Waals surface area contributed by atoms with Crippen molar-refractivity contribution in [2.75, 3.05) is 20.8 Å². The minimum Gasteiger partial charge on any atom is -0.496 e. The van der Waals surface area contributed by atoms with Gasteiger partial charge in [-0.05, 0) is 36.2 Å². The van der Waals surface area contributed by atoms with Gasteiger partial charge in [0.05, 0.1) is 19.8 Å². The van der Waals surface area contributed by atoms with E-state index in [2.05, 4.69) is 5.32 Å². The molecule has 1 amide bonds. The molecule has 2 aromatic carbocycles. The summed E-state index contributed by atoms with van der Waals surface area (Å²) >= 11 is 5.95. The first-order valence-corrected chi connectivity index (χ1v) is 9.39. The van der Waals surface area contributed by atoms with Crippen molar-refractivity contribution in [2.45, 2.75) is 25.0 Å². The molecule has 1 aliphatic heterocycles. The molecule has 148 valence electrons. The highest BCUT2D eigenvalue weighted by atomic mass is 35.5. The van der Waals surface area contributed by atoms with Crippen molar-refractivity contribution in [2.24, 2.45) is 0 Å². The van der Waals surface area contributed by atoms with Crippen molar-refractivity contribution >= 4 is 23.5 Å². The van der Waals surface area contributed by atoms with Crippen LogP contribution in [0.3, 0.4) is 0 Å². The Morgan fingerprint density at radius 3 is 2.54 bits per heavy atom. The lowest BCUT2D eigenvalue weighted by Gasteiger charge is -2.22. The van der Waals surface area contributed by atoms with Gasteiger partial charge in [-0.2, -0.15) is 0 Å². The summed E-state index contributed by atoms with van der Waals surface area (Å²) in [6, 6.07) is 14.0. The molecule has 0 spiro atoms. The second kappa shape index (κ2) is 9.08. The van der Waals surface area contributed by atoms with Crippen LogP contribution in [0.4, 0.5) is 0 Å². The normalized spacial score (nSPS) is 19.2. The van der Waals surface area contributed by atoms with Gasteiger partial charge in [0.15, 0.2) is 0 Å². The van der Waals surface area contributed by atoms with E-state index in [0.717, 1.165) is 5.56 Å². The number of esters is 1. The van der Waals surface area contributed by atoms with Crippen LogP contribution in [0.1, 0.15) is 22.3 Å². The van der Waals surface area contributed by atoms with E-state index in [1.807, 2.05) is 35.2 Å². The summed E-state index contributed by atoms with van der Waals surface area (Å²) in [4.78, 5) is 27.0. The van der Waals surface area contributed by atoms with E-state index in [-0.39, 0.29) is 17.9 Å². The fourth-order valence-corrected chi connectivity index (χ4v) is 3.61. The SMILES string of the molecule is COC(=O)[C@@H]1C[C@@H](NC(=O)c2ccccc2OC)CN1Cc1ccc(Cl)cc1. The molecule has 3 rings (SSSR count). The number of ether oxygens (including phenoxy) is 2. The highest BCUT2D eigenvalue weighted by Crippen LogP contribution is 2.24. The molecule has 0 saturated carbocycles. The number of benzene rings is 2. The maximum absolute atomic E-state index is 12.7. The largest absolute Gasteiger partial charge is 0.496 e. The Labute approximate surface area is 169 Å². The van der Waals surface area contributed by atoms with Gasteiger partial charge in [-0.3, -0.25) is 14.5 Å². The number of hydrogen-bond donors (Lipinski definition) is 1. The molecule has 0 bridgehead atoms. The minimum atomic E-state index is -0.413. The van der Waals surface area contributed by atoms with Gasteiger partial charge in [0.2, 0.25) is 0 Å². The summed E-state index contributed by atoms with van der Waals surface area (Å²) < 4.78 is 10.2. The zero-order valence-corrected chi connectivity index (χ0v) is 16.6. The summed E-state index contributed by atoms with van der Waals surface area (Å²) in [6.07, 6.45) is 0.487. The van der Waals surface area contributed by atoms with Crippen LogP contribution in [0.5, 0.6) is 5.75 Å². The predicted molar refractivity (Wildman–Crippen MR) is 107 cm³/mol. The summed E-state index contributed by atoms with van der Waals surface area (Å²) in [7, 11) is 2.91. The highest BCUT2D eigenvalue weighted by molar-refractivity contribution is 6.30. The van der Waals surface area contributed by atoms with Crippen molar-refractivity contribution in [1.82, 2.24) is 10.2 Å². The first-order valence-electron chi connectivity index (χ1n) is 9.02. The van der Waals surface area contributed by atoms with E-state index in [1.165, 1.54) is 14.2 Å². The van der Waals surface area contributed by atoms with Crippen molar-refractivity contribution in [3.8, 4) is 5.75 Å². The third kappa shape index (κ3) is 4.64. The molecule has 6 nitrogen and oxygen atoms in total. The molecule has 28 heavy (non-hydrogen) atoms. The van der Waals surface area contributed by atoms with E-state index in [4.69, 9.17) is 21.1 Å². The Kier molecular flexibility index (Phi) is 6.54. The fourth-order valence-electron chi connectivity index (χ4n) is 3.48. The first kappa shape index (κ1) is 20.2. The van der Waals surface area contributed by atoms with E-state index >= 15 is 0 Å². The number of hydrogen-bond acceptors (Lipinski definition) is 5. The molecule has 1 fully saturated rings. The summed E-state index contributed by atoms with van der Waals surface area (Å²) in [6.45, 7) is 1.11. The van der Waals surface area contributed by atoms with Gasteiger partial charge in [-0.25, -0.2) is 0 Å². The molecule has 1 N–H and O–H groups in total. The van der Waals surface area contributed by atoms with Crippen LogP contribution >= 0.6 is 11.6 Å². The molecule has 2 atom stereocenters. The van der Waals surface area contributed by atoms with Crippen LogP contribution < -0.4 is 10.1 Å². The summed E-state index contributed by atoms with van der Waals surface area (Å²) in [5, 5.41) is 3.68. The third-order valence-corrected chi connectivity index (χ3v) is 5.11. The summed E-state index contributed by atoms with van der Waals surface area (Å²) in [5.41, 5.74) is 1.51. The van der Waals surface area contributed by atoms with Crippen molar-refractivity contribution in [3.63, 3.8) is 0 Å². The van der Waals surface area contributed by atoms with Crippen LogP contribution in [0, 0.1) is 0 Å². The van der Waals surface area contributed by atoms with Crippen LogP contribution in [-0.2, 0) is 16.1 Å². The Balaban J connectivity index is 1.71. The van der Waals surface area contributed by atoms with Gasteiger partial charge in [0.1, 0.15) is 11.8 Å². The molecular formula is C21H23ClN2O4. The smallest absolute Gasteiger partial charge is 0.323 e. The lowest BCUT2D eigenvalue weighted by Crippen LogP contribution is -2.37. The molecule has 1 saturated heterocycles. The monoisotopic (exact) mass is 402 g/mol. The fraction of sp³-hybridized carbons (Fsp3) is 0.333. The van der Waals surface area contributed by atoms with Gasteiger partial charge in [0.25, 0.3) is 5.91 Å². The number of nitrogens with zero attached hydrogens (tertiary/aromatic N) is 1. The Morgan fingerprint density at radius 1 is 1.14 bits per heavy atom. The van der Waals surface area contributed by atoms with Gasteiger partial charge < -0.3 is 14.8 Å². The van der Waals surface area contributed by atoms with Crippen LogP contribution in [-0.4, -0.2) is 49.6 Å². The minimum absolute atomic E-state index is 0.172. The molecule has 1 heterocycles. The molecule has 0 unspecified atom stereocenters. The Hall–Kier alpha value is -2.57. The third-order valence-electron chi connectivity index (χ3n) is 4.86. The van der Waals surface area contributed by atoms with Crippen LogP contribution in [0.25, 0.3) is 0 Å². The van der Waals surface area contributed by atoms with Crippen LogP contribution in [0.15, 0.2) is 48.5 Å². The number of halogens is 1. The van der Waals surface area contributed by atoms with Crippen LogP contribution in [0.2, 0.25) is 5.02 Å². The number of para-hydroxylation sites is 1. The quantitative estimate of drug-likeness (QED) is 0.752. The highest BCUT2D eigenvalue weighted by Gasteiger charge is 2.38. The number of carbonyl (C=O) groups excluding carboxylic acids is 2. The zero-order chi connectivity index (χ0) is 20.1. The number of nitrogens with one attached hydrogen (secondary N) is 1. The standard InChI is InChI=1S/C21H23ClN2O4/c1-27-19-6-4-3-5-17(19)20(25)23-16-11-18(21(26)28-2)24(13-16)12-14-7-9-15(22)10-8-14/h3-10,16,18H,11-13H2,1-2H3,(H,23,25)/t16-,18+/m1/s1. The number of likely N-dealkylation sites (tertiary alicyclic amines) is 1. The van der Waals surface area contributed by atoms with E-state index in [9.17, 15) is 9.59 Å². The number of carbonyl (C=O) groups is 2. The Morgan fingerprint density at radius 2 is 1.86 bits per heavy atom. The second-order valence-corrected chi connectivity index (χ2v) is 7.14. The molecule has 0 radical (unpaired) electrons. The maximum atomic E-state index is 12.7. The molecule has 0 aromatic heterocycles. The lowest BCUT2D eigenvalue weighted by molar-refractivity contribution is -0.146. The zero-order valence-electron chi connectivity index (χ0n) is 15.9. The first-order chi connectivity index (χ1) is 13.5. The molecule has 2 aromatic rings. The lowest BCUT2D eigenvalue weighted by atomic mass is 10.1. The van der Waals surface area contributed by atoms with Gasteiger partial charge >= 0.3 is 5.97 Å². The Bertz CT molecular complexity index is 841. The summed E-state index contributed by atoms with van der Waals surface area (Å²) in [5.74, 6) is -0.0112. The van der Waals surface area contributed by atoms with E-state index in [1.54, 1.807) is 18.2 Å². The number of amides is 1.